The first-order valence-corrected chi connectivity index (χ1v) is 14.5. The Morgan fingerprint density at radius 3 is 2.64 bits per heavy atom. The monoisotopic (exact) mass is 497 g/mol. The van der Waals surface area contributed by atoms with Gasteiger partial charge in [0.05, 0.1) is 5.71 Å². The molecule has 0 aromatic rings. The van der Waals surface area contributed by atoms with Gasteiger partial charge in [-0.2, -0.15) is 0 Å². The summed E-state index contributed by atoms with van der Waals surface area (Å²) in [4.78, 5) is 29.8. The minimum absolute atomic E-state index is 0.212. The number of hydrogen-bond acceptors (Lipinski definition) is 5. The van der Waals surface area contributed by atoms with Crippen molar-refractivity contribution in [1.29, 1.82) is 0 Å². The zero-order valence-electron chi connectivity index (χ0n) is 23.1. The molecule has 1 amide bonds. The van der Waals surface area contributed by atoms with E-state index in [1.54, 1.807) is 0 Å². The maximum atomic E-state index is 12.4. The van der Waals surface area contributed by atoms with Crippen LogP contribution in [0.25, 0.3) is 0 Å². The van der Waals surface area contributed by atoms with E-state index in [1.807, 2.05) is 6.08 Å². The maximum Gasteiger partial charge on any atom is 0.433 e. The summed E-state index contributed by atoms with van der Waals surface area (Å²) in [5, 5.41) is 10.8. The highest BCUT2D eigenvalue weighted by molar-refractivity contribution is 5.91. The Morgan fingerprint density at radius 1 is 1.08 bits per heavy atom. The van der Waals surface area contributed by atoms with Gasteiger partial charge in [-0.05, 0) is 111 Å². The number of hydrogen-bond donors (Lipinski definition) is 2. The van der Waals surface area contributed by atoms with Crippen LogP contribution in [0.4, 0.5) is 4.79 Å². The Morgan fingerprint density at radius 2 is 1.89 bits per heavy atom. The number of ketones is 1. The lowest BCUT2D eigenvalue weighted by atomic mass is 9.46. The summed E-state index contributed by atoms with van der Waals surface area (Å²) in [5.41, 5.74) is 3.11. The molecule has 36 heavy (non-hydrogen) atoms. The highest BCUT2D eigenvalue weighted by Crippen LogP contribution is 2.66. The number of carbonyl (C=O) groups excluding carboxylic acids is 2. The molecule has 0 bridgehead atoms. The van der Waals surface area contributed by atoms with Crippen molar-refractivity contribution in [3.63, 3.8) is 0 Å². The number of nitrogens with zero attached hydrogens (tertiary/aromatic N) is 1. The summed E-state index contributed by atoms with van der Waals surface area (Å²) in [6.07, 6.45) is 12.5. The van der Waals surface area contributed by atoms with Gasteiger partial charge in [-0.3, -0.25) is 9.63 Å². The van der Waals surface area contributed by atoms with Crippen molar-refractivity contribution in [2.45, 2.75) is 105 Å². The minimum Gasteiger partial charge on any atom is -0.320 e. The van der Waals surface area contributed by atoms with Gasteiger partial charge >= 0.3 is 6.09 Å². The SMILES string of the molecule is C/C(=N\OC(=O)NCCC1NCCC1(C)C)[C@H]1CC[C@H]2[C@@H]3CCC4=CC(=O)CC[C@]4(C)[C@H]3CC[C@]12C. The molecule has 1 unspecified atom stereocenters. The molecule has 0 aromatic heterocycles. The summed E-state index contributed by atoms with van der Waals surface area (Å²) in [7, 11) is 0. The van der Waals surface area contributed by atoms with Crippen molar-refractivity contribution in [3.8, 4) is 0 Å². The molecule has 1 aliphatic heterocycles. The third-order valence-electron chi connectivity index (χ3n) is 11.5. The first-order chi connectivity index (χ1) is 17.0. The van der Waals surface area contributed by atoms with Crippen LogP contribution < -0.4 is 10.6 Å². The predicted molar refractivity (Wildman–Crippen MR) is 143 cm³/mol. The fourth-order valence-corrected chi connectivity index (χ4v) is 9.29. The van der Waals surface area contributed by atoms with Crippen LogP contribution in [-0.4, -0.2) is 36.7 Å². The number of allylic oxidation sites excluding steroid dienone is 1. The Balaban J connectivity index is 1.18. The van der Waals surface area contributed by atoms with E-state index in [9.17, 15) is 9.59 Å². The lowest BCUT2D eigenvalue weighted by Gasteiger charge is -2.58. The van der Waals surface area contributed by atoms with Crippen LogP contribution in [0.1, 0.15) is 98.8 Å². The number of rotatable bonds is 5. The molecule has 1 saturated heterocycles. The highest BCUT2D eigenvalue weighted by Gasteiger charge is 2.59. The van der Waals surface area contributed by atoms with Crippen molar-refractivity contribution in [2.75, 3.05) is 13.1 Å². The van der Waals surface area contributed by atoms with Crippen LogP contribution >= 0.6 is 0 Å². The summed E-state index contributed by atoms with van der Waals surface area (Å²) < 4.78 is 0. The van der Waals surface area contributed by atoms with Crippen LogP contribution in [0.15, 0.2) is 16.8 Å². The van der Waals surface area contributed by atoms with Crippen LogP contribution in [-0.2, 0) is 9.63 Å². The molecule has 200 valence electrons. The molecule has 1 heterocycles. The summed E-state index contributed by atoms with van der Waals surface area (Å²) in [6, 6.07) is 0.427. The lowest BCUT2D eigenvalue weighted by Crippen LogP contribution is -2.51. The van der Waals surface area contributed by atoms with Gasteiger partial charge in [0.25, 0.3) is 0 Å². The molecule has 4 aliphatic carbocycles. The van der Waals surface area contributed by atoms with Crippen molar-refractivity contribution < 1.29 is 14.4 Å². The third-order valence-corrected chi connectivity index (χ3v) is 11.5. The molecular formula is C30H47N3O3. The molecule has 6 nitrogen and oxygen atoms in total. The maximum absolute atomic E-state index is 12.4. The number of amides is 1. The first-order valence-electron chi connectivity index (χ1n) is 14.5. The van der Waals surface area contributed by atoms with Gasteiger partial charge in [0.2, 0.25) is 0 Å². The standard InChI is InChI=1S/C30H47N3O3/c1-19(33-36-27(35)32-16-12-26-28(2,3)15-17-31-26)23-8-9-24-22-7-6-20-18-21(34)10-13-29(20,4)25(22)11-14-30(23,24)5/h18,22-26,31H,6-17H2,1-5H3,(H,32,35)/b33-19+/t22-,23+,24-,25-,26?,29-,30+/m0/s1. The molecule has 0 spiro atoms. The smallest absolute Gasteiger partial charge is 0.320 e. The molecule has 6 heteroatoms. The van der Waals surface area contributed by atoms with E-state index in [0.29, 0.717) is 42.5 Å². The summed E-state index contributed by atoms with van der Waals surface area (Å²) >= 11 is 0. The van der Waals surface area contributed by atoms with E-state index >= 15 is 0 Å². The van der Waals surface area contributed by atoms with Gasteiger partial charge < -0.3 is 10.6 Å². The van der Waals surface area contributed by atoms with Gasteiger partial charge in [0, 0.05) is 24.9 Å². The predicted octanol–water partition coefficient (Wildman–Crippen LogP) is 6.01. The van der Waals surface area contributed by atoms with Crippen molar-refractivity contribution >= 4 is 17.6 Å². The molecule has 0 aromatic carbocycles. The zero-order chi connectivity index (χ0) is 25.7. The highest BCUT2D eigenvalue weighted by atomic mass is 16.7. The molecule has 2 N–H and O–H groups in total. The van der Waals surface area contributed by atoms with Crippen LogP contribution in [0.2, 0.25) is 0 Å². The van der Waals surface area contributed by atoms with E-state index in [0.717, 1.165) is 43.9 Å². The normalized spacial score (nSPS) is 41.7. The largest absolute Gasteiger partial charge is 0.433 e. The summed E-state index contributed by atoms with van der Waals surface area (Å²) in [6.45, 7) is 13.2. The molecular weight excluding hydrogens is 450 g/mol. The van der Waals surface area contributed by atoms with Crippen LogP contribution in [0.3, 0.4) is 0 Å². The molecule has 0 radical (unpaired) electrons. The number of fused-ring (bicyclic) bond motifs is 5. The van der Waals surface area contributed by atoms with Crippen molar-refractivity contribution in [3.05, 3.63) is 11.6 Å². The van der Waals surface area contributed by atoms with Gasteiger partial charge in [0.15, 0.2) is 5.78 Å². The zero-order valence-corrected chi connectivity index (χ0v) is 23.1. The fourth-order valence-electron chi connectivity index (χ4n) is 9.29. The number of nitrogens with one attached hydrogen (secondary N) is 2. The van der Waals surface area contributed by atoms with Crippen molar-refractivity contribution in [1.82, 2.24) is 10.6 Å². The molecule has 3 saturated carbocycles. The first kappa shape index (κ1) is 25.9. The third kappa shape index (κ3) is 4.46. The molecule has 7 atom stereocenters. The van der Waals surface area contributed by atoms with E-state index < -0.39 is 6.09 Å². The average Bonchev–Trinajstić information content (AvgIpc) is 3.36. The van der Waals surface area contributed by atoms with Gasteiger partial charge in [-0.1, -0.05) is 38.4 Å². The Kier molecular flexibility index (Phi) is 6.89. The van der Waals surface area contributed by atoms with E-state index in [2.05, 4.69) is 50.4 Å². The van der Waals surface area contributed by atoms with E-state index in [1.165, 1.54) is 37.7 Å². The lowest BCUT2D eigenvalue weighted by molar-refractivity contribution is -0.117. The van der Waals surface area contributed by atoms with E-state index in [-0.39, 0.29) is 16.2 Å². The fraction of sp³-hybridized carbons (Fsp3) is 0.833. The van der Waals surface area contributed by atoms with Gasteiger partial charge in [-0.25, -0.2) is 4.79 Å². The molecule has 5 rings (SSSR count). The second-order valence-electron chi connectivity index (χ2n) is 13.7. The van der Waals surface area contributed by atoms with Gasteiger partial charge in [-0.15, -0.1) is 0 Å². The second-order valence-corrected chi connectivity index (χ2v) is 13.7. The topological polar surface area (TPSA) is 79.8 Å². The molecule has 5 aliphatic rings. The van der Waals surface area contributed by atoms with Crippen molar-refractivity contribution in [2.24, 2.45) is 45.1 Å². The number of carbonyl (C=O) groups is 2. The van der Waals surface area contributed by atoms with Crippen LogP contribution in [0.5, 0.6) is 0 Å². The van der Waals surface area contributed by atoms with Gasteiger partial charge in [0.1, 0.15) is 0 Å². The Bertz CT molecular complexity index is 955. The second kappa shape index (κ2) is 9.56. The average molecular weight is 498 g/mol. The van der Waals surface area contributed by atoms with Crippen LogP contribution in [0, 0.1) is 39.9 Å². The summed E-state index contributed by atoms with van der Waals surface area (Å²) in [5.74, 6) is 2.82. The Labute approximate surface area is 217 Å². The quantitative estimate of drug-likeness (QED) is 0.277. The van der Waals surface area contributed by atoms with E-state index in [4.69, 9.17) is 4.84 Å². The molecule has 4 fully saturated rings. The Hall–Kier alpha value is -1.69. The number of oxime groups is 1. The minimum atomic E-state index is -0.445.